The van der Waals surface area contributed by atoms with Crippen molar-refractivity contribution < 1.29 is 8.78 Å². The maximum absolute atomic E-state index is 14.4. The number of fused-ring (bicyclic) bond motifs is 2. The third-order valence-corrected chi connectivity index (χ3v) is 5.82. The summed E-state index contributed by atoms with van der Waals surface area (Å²) < 4.78 is 28.8. The third kappa shape index (κ3) is 4.02. The summed E-state index contributed by atoms with van der Waals surface area (Å²) in [4.78, 5) is 7.50. The molecule has 2 aromatic rings. The summed E-state index contributed by atoms with van der Waals surface area (Å²) in [7, 11) is 0. The molecule has 0 radical (unpaired) electrons. The monoisotopic (exact) mass is 401 g/mol. The summed E-state index contributed by atoms with van der Waals surface area (Å²) in [6.45, 7) is 4.97. The van der Waals surface area contributed by atoms with Gasteiger partial charge in [0.25, 0.3) is 0 Å². The lowest BCUT2D eigenvalue weighted by Crippen LogP contribution is -2.28. The molecule has 148 valence electrons. The van der Waals surface area contributed by atoms with Gasteiger partial charge in [-0.25, -0.2) is 13.8 Å². The average Bonchev–Trinajstić information content (AvgIpc) is 3.11. The molecule has 2 aliphatic rings. The van der Waals surface area contributed by atoms with E-state index in [-0.39, 0.29) is 19.4 Å². The van der Waals surface area contributed by atoms with E-state index in [0.717, 1.165) is 46.9 Å². The Hall–Kier alpha value is -2.08. The molecule has 1 N–H and O–H groups in total. The van der Waals surface area contributed by atoms with Crippen LogP contribution in [0, 0.1) is 0 Å². The molecule has 0 saturated heterocycles. The highest BCUT2D eigenvalue weighted by atomic mass is 32.1. The predicted octanol–water partition coefficient (Wildman–Crippen LogP) is 5.57. The van der Waals surface area contributed by atoms with Crippen LogP contribution in [-0.4, -0.2) is 24.0 Å². The van der Waals surface area contributed by atoms with Gasteiger partial charge in [-0.3, -0.25) is 0 Å². The van der Waals surface area contributed by atoms with E-state index in [1.54, 1.807) is 0 Å². The first kappa shape index (κ1) is 19.2. The second-order valence-electron chi connectivity index (χ2n) is 7.60. The summed E-state index contributed by atoms with van der Waals surface area (Å²) in [6, 6.07) is 9.71. The van der Waals surface area contributed by atoms with Crippen LogP contribution >= 0.6 is 12.6 Å². The van der Waals surface area contributed by atoms with Crippen molar-refractivity contribution in [2.45, 2.75) is 49.3 Å². The molecule has 0 amide bonds. The van der Waals surface area contributed by atoms with Gasteiger partial charge in [-0.2, -0.15) is 0 Å². The number of benzene rings is 1. The van der Waals surface area contributed by atoms with Crippen molar-refractivity contribution in [1.82, 2.24) is 4.98 Å². The van der Waals surface area contributed by atoms with Gasteiger partial charge in [-0.15, -0.1) is 12.6 Å². The van der Waals surface area contributed by atoms with Gasteiger partial charge in [0.1, 0.15) is 5.82 Å². The molecule has 0 fully saturated rings. The Kier molecular flexibility index (Phi) is 5.32. The lowest BCUT2D eigenvalue weighted by molar-refractivity contribution is -0.0144. The Labute approximate surface area is 170 Å². The molecule has 2 heterocycles. The van der Waals surface area contributed by atoms with E-state index in [0.29, 0.717) is 18.7 Å². The Morgan fingerprint density at radius 2 is 2.00 bits per heavy atom. The minimum absolute atomic E-state index is 0.132. The molecule has 0 bridgehead atoms. The quantitative estimate of drug-likeness (QED) is 0.612. The van der Waals surface area contributed by atoms with E-state index in [1.165, 1.54) is 5.56 Å². The van der Waals surface area contributed by atoms with E-state index >= 15 is 0 Å². The highest BCUT2D eigenvalue weighted by Crippen LogP contribution is 2.36. The molecule has 0 atom stereocenters. The highest BCUT2D eigenvalue weighted by Gasteiger charge is 2.31. The Morgan fingerprint density at radius 1 is 1.14 bits per heavy atom. The number of hydrogen-bond donors (Lipinski definition) is 2. The molecular formula is C22H25F2N3S. The topological polar surface area (TPSA) is 28.2 Å². The van der Waals surface area contributed by atoms with Crippen molar-refractivity contribution in [1.29, 1.82) is 0 Å². The minimum atomic E-state index is -2.70. The Morgan fingerprint density at radius 3 is 2.82 bits per heavy atom. The maximum atomic E-state index is 14.4. The second kappa shape index (κ2) is 7.74. The fraction of sp³-hybridized carbons (Fsp3) is 0.409. The van der Waals surface area contributed by atoms with Crippen LogP contribution in [0.4, 0.5) is 20.3 Å². The molecule has 28 heavy (non-hydrogen) atoms. The number of alkyl halides is 2. The number of hydrogen-bond acceptors (Lipinski definition) is 4. The minimum Gasteiger partial charge on any atom is -0.370 e. The molecule has 0 unspecified atom stereocenters. The van der Waals surface area contributed by atoms with Gasteiger partial charge in [0.05, 0.1) is 0 Å². The SMILES string of the molecule is C=C1c2cc3c(nc2NCCCC(F)(F)CCN1c1cccc(S)c1)CCC3. The van der Waals surface area contributed by atoms with Gasteiger partial charge in [-0.05, 0) is 55.5 Å². The number of thiol groups is 1. The van der Waals surface area contributed by atoms with Crippen LogP contribution in [0.15, 0.2) is 41.8 Å². The molecule has 1 aromatic carbocycles. The first-order valence-electron chi connectivity index (χ1n) is 9.83. The van der Waals surface area contributed by atoms with Gasteiger partial charge >= 0.3 is 0 Å². The van der Waals surface area contributed by atoms with E-state index < -0.39 is 5.92 Å². The summed E-state index contributed by atoms with van der Waals surface area (Å²) >= 11 is 4.42. The number of aryl methyl sites for hydroxylation is 2. The van der Waals surface area contributed by atoms with Gasteiger partial charge in [0.15, 0.2) is 0 Å². The summed E-state index contributed by atoms with van der Waals surface area (Å²) in [5.41, 5.74) is 4.77. The Balaban J connectivity index is 1.78. The summed E-state index contributed by atoms with van der Waals surface area (Å²) in [6.07, 6.45) is 3.15. The number of nitrogens with zero attached hydrogens (tertiary/aromatic N) is 2. The number of nitrogens with one attached hydrogen (secondary N) is 1. The largest absolute Gasteiger partial charge is 0.370 e. The molecule has 1 aromatic heterocycles. The van der Waals surface area contributed by atoms with E-state index in [2.05, 4.69) is 30.6 Å². The molecule has 1 aliphatic carbocycles. The zero-order chi connectivity index (χ0) is 19.7. The Bertz CT molecular complexity index is 897. The van der Waals surface area contributed by atoms with E-state index in [1.807, 2.05) is 29.2 Å². The van der Waals surface area contributed by atoms with Crippen LogP contribution in [-0.2, 0) is 12.8 Å². The van der Waals surface area contributed by atoms with Crippen LogP contribution < -0.4 is 10.2 Å². The van der Waals surface area contributed by atoms with Gasteiger partial charge in [-0.1, -0.05) is 12.6 Å². The fourth-order valence-electron chi connectivity index (χ4n) is 4.01. The molecule has 0 saturated carbocycles. The van der Waals surface area contributed by atoms with E-state index in [9.17, 15) is 8.78 Å². The van der Waals surface area contributed by atoms with Crippen LogP contribution in [0.2, 0.25) is 0 Å². The van der Waals surface area contributed by atoms with Crippen molar-refractivity contribution >= 4 is 29.8 Å². The molecule has 4 rings (SSSR count). The fourth-order valence-corrected chi connectivity index (χ4v) is 4.23. The smallest absolute Gasteiger partial charge is 0.249 e. The van der Waals surface area contributed by atoms with Crippen LogP contribution in [0.3, 0.4) is 0 Å². The highest BCUT2D eigenvalue weighted by molar-refractivity contribution is 7.80. The number of rotatable bonds is 1. The standard InChI is InChI=1S/C22H25F2N3S/c1-15-19-13-16-5-2-8-20(16)26-21(19)25-11-4-9-22(23,24)10-12-27(15)17-6-3-7-18(28)14-17/h3,6-7,13-14,28H,1-2,4-5,8-12H2,(H,25,26). The van der Waals surface area contributed by atoms with Crippen LogP contribution in [0.25, 0.3) is 5.70 Å². The number of aromatic nitrogens is 1. The molecule has 1 aliphatic heterocycles. The molecular weight excluding hydrogens is 376 g/mol. The lowest BCUT2D eigenvalue weighted by Gasteiger charge is -2.29. The number of halogens is 2. The first-order chi connectivity index (χ1) is 13.4. The zero-order valence-electron chi connectivity index (χ0n) is 15.8. The summed E-state index contributed by atoms with van der Waals surface area (Å²) in [5, 5.41) is 3.29. The van der Waals surface area contributed by atoms with Crippen molar-refractivity contribution in [2.24, 2.45) is 0 Å². The number of pyridine rings is 1. The summed E-state index contributed by atoms with van der Waals surface area (Å²) in [5.74, 6) is -1.95. The zero-order valence-corrected chi connectivity index (χ0v) is 16.7. The lowest BCUT2D eigenvalue weighted by atomic mass is 10.1. The molecule has 6 heteroatoms. The van der Waals surface area contributed by atoms with Crippen molar-refractivity contribution in [3.8, 4) is 0 Å². The predicted molar refractivity (Wildman–Crippen MR) is 114 cm³/mol. The maximum Gasteiger partial charge on any atom is 0.249 e. The van der Waals surface area contributed by atoms with Gasteiger partial charge in [0.2, 0.25) is 5.92 Å². The average molecular weight is 402 g/mol. The second-order valence-corrected chi connectivity index (χ2v) is 8.11. The van der Waals surface area contributed by atoms with Crippen LogP contribution in [0.5, 0.6) is 0 Å². The first-order valence-corrected chi connectivity index (χ1v) is 10.3. The van der Waals surface area contributed by atoms with Crippen molar-refractivity contribution in [3.05, 3.63) is 53.7 Å². The molecule has 0 spiro atoms. The van der Waals surface area contributed by atoms with Gasteiger partial charge < -0.3 is 10.2 Å². The van der Waals surface area contributed by atoms with Crippen molar-refractivity contribution in [2.75, 3.05) is 23.3 Å². The number of anilines is 2. The van der Waals surface area contributed by atoms with E-state index in [4.69, 9.17) is 4.98 Å². The van der Waals surface area contributed by atoms with Gasteiger partial charge in [0, 0.05) is 53.5 Å². The normalized spacial score (nSPS) is 19.4. The third-order valence-electron chi connectivity index (χ3n) is 5.54. The van der Waals surface area contributed by atoms with Crippen LogP contribution in [0.1, 0.15) is 42.5 Å². The van der Waals surface area contributed by atoms with Crippen molar-refractivity contribution in [3.63, 3.8) is 0 Å². The molecule has 3 nitrogen and oxygen atoms in total.